The van der Waals surface area contributed by atoms with Gasteiger partial charge in [0.1, 0.15) is 5.69 Å². The summed E-state index contributed by atoms with van der Waals surface area (Å²) in [6.07, 6.45) is 0. The summed E-state index contributed by atoms with van der Waals surface area (Å²) in [5, 5.41) is 0. The van der Waals surface area contributed by atoms with E-state index in [1.54, 1.807) is 4.68 Å². The third-order valence-corrected chi connectivity index (χ3v) is 3.82. The Labute approximate surface area is 120 Å². The number of nitrogen functional groups attached to an aromatic ring is 1. The zero-order chi connectivity index (χ0) is 14.2. The summed E-state index contributed by atoms with van der Waals surface area (Å²) in [5.74, 6) is 0.205. The second kappa shape index (κ2) is 5.25. The van der Waals surface area contributed by atoms with E-state index in [1.807, 2.05) is 49.7 Å². The second-order valence-corrected chi connectivity index (χ2v) is 5.59. The van der Waals surface area contributed by atoms with Crippen LogP contribution in [-0.4, -0.2) is 9.36 Å². The third kappa shape index (κ3) is 2.23. The summed E-state index contributed by atoms with van der Waals surface area (Å²) < 4.78 is 4.47. The molecule has 0 unspecified atom stereocenters. The molecule has 19 heavy (non-hydrogen) atoms. The Morgan fingerprint density at radius 1 is 1.32 bits per heavy atom. The van der Waals surface area contributed by atoms with Gasteiger partial charge in [-0.05, 0) is 40.9 Å². The minimum absolute atomic E-state index is 0.155. The van der Waals surface area contributed by atoms with Crippen molar-refractivity contribution in [3.63, 3.8) is 0 Å². The van der Waals surface area contributed by atoms with Crippen LogP contribution in [0.5, 0.6) is 0 Å². The fraction of sp³-hybridized carbons (Fsp3) is 0.357. The van der Waals surface area contributed by atoms with Crippen LogP contribution in [0.2, 0.25) is 0 Å². The molecule has 0 amide bonds. The Balaban J connectivity index is 2.82. The molecule has 102 valence electrons. The van der Waals surface area contributed by atoms with Gasteiger partial charge in [-0.1, -0.05) is 26.0 Å². The smallest absolute Gasteiger partial charge is 0.294 e. The quantitative estimate of drug-likeness (QED) is 0.943. The van der Waals surface area contributed by atoms with Gasteiger partial charge in [0.2, 0.25) is 0 Å². The summed E-state index contributed by atoms with van der Waals surface area (Å²) in [7, 11) is 0. The highest BCUT2D eigenvalue weighted by atomic mass is 79.9. The SMILES string of the molecule is CCn1c(C(C)C)c(N)c(=O)n1-c1ccccc1Br. The lowest BCUT2D eigenvalue weighted by Crippen LogP contribution is -2.22. The molecule has 5 heteroatoms. The predicted molar refractivity (Wildman–Crippen MR) is 81.9 cm³/mol. The summed E-state index contributed by atoms with van der Waals surface area (Å²) in [6.45, 7) is 6.79. The van der Waals surface area contributed by atoms with E-state index < -0.39 is 0 Å². The molecule has 0 spiro atoms. The van der Waals surface area contributed by atoms with Crippen molar-refractivity contribution in [2.24, 2.45) is 0 Å². The molecule has 2 aromatic rings. The molecule has 4 nitrogen and oxygen atoms in total. The highest BCUT2D eigenvalue weighted by molar-refractivity contribution is 9.10. The van der Waals surface area contributed by atoms with Gasteiger partial charge in [-0.3, -0.25) is 9.48 Å². The van der Waals surface area contributed by atoms with Crippen molar-refractivity contribution in [3.8, 4) is 5.69 Å². The third-order valence-electron chi connectivity index (χ3n) is 3.15. The van der Waals surface area contributed by atoms with E-state index in [0.29, 0.717) is 12.2 Å². The molecule has 0 bridgehead atoms. The number of rotatable bonds is 3. The molecule has 0 fully saturated rings. The van der Waals surface area contributed by atoms with Crippen LogP contribution in [0.15, 0.2) is 33.5 Å². The molecule has 0 saturated heterocycles. The van der Waals surface area contributed by atoms with Gasteiger partial charge in [-0.25, -0.2) is 4.68 Å². The average Bonchev–Trinajstić information content (AvgIpc) is 2.63. The number of anilines is 1. The molecule has 0 atom stereocenters. The summed E-state index contributed by atoms with van der Waals surface area (Å²) in [5.41, 5.74) is 7.89. The molecule has 0 saturated carbocycles. The standard InChI is InChI=1S/C14H18BrN3O/c1-4-17-13(9(2)3)12(16)14(19)18(17)11-8-6-5-7-10(11)15/h5-9H,4,16H2,1-3H3. The maximum absolute atomic E-state index is 12.4. The Morgan fingerprint density at radius 2 is 1.95 bits per heavy atom. The van der Waals surface area contributed by atoms with Crippen molar-refractivity contribution in [2.75, 3.05) is 5.73 Å². The first-order valence-electron chi connectivity index (χ1n) is 6.35. The molecular weight excluding hydrogens is 306 g/mol. The van der Waals surface area contributed by atoms with E-state index in [9.17, 15) is 4.79 Å². The maximum atomic E-state index is 12.4. The number of hydrogen-bond acceptors (Lipinski definition) is 2. The molecular formula is C14H18BrN3O. The highest BCUT2D eigenvalue weighted by Gasteiger charge is 2.20. The minimum Gasteiger partial charge on any atom is -0.393 e. The number of aromatic nitrogens is 2. The summed E-state index contributed by atoms with van der Waals surface area (Å²) >= 11 is 3.49. The molecule has 0 aliphatic rings. The zero-order valence-electron chi connectivity index (χ0n) is 11.4. The molecule has 2 rings (SSSR count). The number of halogens is 1. The molecule has 1 aromatic heterocycles. The summed E-state index contributed by atoms with van der Waals surface area (Å²) in [6, 6.07) is 7.65. The Hall–Kier alpha value is -1.49. The van der Waals surface area contributed by atoms with Gasteiger partial charge >= 0.3 is 0 Å². The van der Waals surface area contributed by atoms with Crippen LogP contribution in [-0.2, 0) is 6.54 Å². The Morgan fingerprint density at radius 3 is 2.47 bits per heavy atom. The fourth-order valence-electron chi connectivity index (χ4n) is 2.36. The first kappa shape index (κ1) is 13.9. The number of hydrogen-bond donors (Lipinski definition) is 1. The van der Waals surface area contributed by atoms with E-state index in [2.05, 4.69) is 15.9 Å². The highest BCUT2D eigenvalue weighted by Crippen LogP contribution is 2.25. The van der Waals surface area contributed by atoms with Gasteiger partial charge in [0.25, 0.3) is 5.56 Å². The Bertz CT molecular complexity index is 655. The van der Waals surface area contributed by atoms with E-state index in [4.69, 9.17) is 5.73 Å². The van der Waals surface area contributed by atoms with Crippen LogP contribution >= 0.6 is 15.9 Å². The van der Waals surface area contributed by atoms with Crippen LogP contribution in [0, 0.1) is 0 Å². The van der Waals surface area contributed by atoms with Gasteiger partial charge in [-0.2, -0.15) is 0 Å². The number of nitrogens with zero attached hydrogens (tertiary/aromatic N) is 2. The van der Waals surface area contributed by atoms with E-state index in [1.165, 1.54) is 0 Å². The van der Waals surface area contributed by atoms with Crippen molar-refractivity contribution in [1.29, 1.82) is 0 Å². The number of benzene rings is 1. The van der Waals surface area contributed by atoms with Crippen molar-refractivity contribution in [1.82, 2.24) is 9.36 Å². The monoisotopic (exact) mass is 323 g/mol. The number of nitrogens with two attached hydrogens (primary N) is 1. The van der Waals surface area contributed by atoms with Crippen LogP contribution in [0.25, 0.3) is 5.69 Å². The molecule has 1 aromatic carbocycles. The average molecular weight is 324 g/mol. The second-order valence-electron chi connectivity index (χ2n) is 4.74. The lowest BCUT2D eigenvalue weighted by molar-refractivity contribution is 0.533. The van der Waals surface area contributed by atoms with Gasteiger partial charge < -0.3 is 5.73 Å². The van der Waals surface area contributed by atoms with E-state index in [0.717, 1.165) is 15.9 Å². The topological polar surface area (TPSA) is 52.9 Å². The Kier molecular flexibility index (Phi) is 3.85. The largest absolute Gasteiger partial charge is 0.393 e. The minimum atomic E-state index is -0.155. The van der Waals surface area contributed by atoms with Gasteiger partial charge in [0.05, 0.1) is 11.4 Å². The van der Waals surface area contributed by atoms with E-state index >= 15 is 0 Å². The van der Waals surface area contributed by atoms with Crippen LogP contribution in [0.3, 0.4) is 0 Å². The fourth-order valence-corrected chi connectivity index (χ4v) is 2.82. The lowest BCUT2D eigenvalue weighted by atomic mass is 10.1. The lowest BCUT2D eigenvalue weighted by Gasteiger charge is -2.15. The molecule has 1 heterocycles. The van der Waals surface area contributed by atoms with Crippen molar-refractivity contribution in [3.05, 3.63) is 44.8 Å². The van der Waals surface area contributed by atoms with Gasteiger partial charge in [0, 0.05) is 11.0 Å². The predicted octanol–water partition coefficient (Wildman–Crippen LogP) is 3.13. The maximum Gasteiger partial charge on any atom is 0.294 e. The van der Waals surface area contributed by atoms with Crippen molar-refractivity contribution >= 4 is 21.6 Å². The first-order valence-corrected chi connectivity index (χ1v) is 7.14. The zero-order valence-corrected chi connectivity index (χ0v) is 12.9. The van der Waals surface area contributed by atoms with Crippen LogP contribution in [0.4, 0.5) is 5.69 Å². The van der Waals surface area contributed by atoms with E-state index in [-0.39, 0.29) is 11.5 Å². The summed E-state index contributed by atoms with van der Waals surface area (Å²) in [4.78, 5) is 12.4. The van der Waals surface area contributed by atoms with Crippen molar-refractivity contribution < 1.29 is 0 Å². The normalized spacial score (nSPS) is 11.2. The molecule has 2 N–H and O–H groups in total. The van der Waals surface area contributed by atoms with Gasteiger partial charge in [0.15, 0.2) is 0 Å². The first-order chi connectivity index (χ1) is 8.99. The van der Waals surface area contributed by atoms with Crippen LogP contribution in [0.1, 0.15) is 32.4 Å². The van der Waals surface area contributed by atoms with Crippen LogP contribution < -0.4 is 11.3 Å². The molecule has 0 radical (unpaired) electrons. The number of para-hydroxylation sites is 1. The van der Waals surface area contributed by atoms with Crippen molar-refractivity contribution in [2.45, 2.75) is 33.2 Å². The molecule has 0 aliphatic heterocycles. The molecule has 0 aliphatic carbocycles. The van der Waals surface area contributed by atoms with Gasteiger partial charge in [-0.15, -0.1) is 0 Å².